The van der Waals surface area contributed by atoms with Gasteiger partial charge in [-0.1, -0.05) is 111 Å². The Morgan fingerprint density at radius 1 is 0.531 bits per heavy atom. The molecule has 0 heterocycles. The molecule has 0 aromatic carbocycles. The number of hydrogen-bond acceptors (Lipinski definition) is 4. The molecule has 0 spiro atoms. The zero-order valence-corrected chi connectivity index (χ0v) is 21.8. The van der Waals surface area contributed by atoms with Crippen LogP contribution in [0.2, 0.25) is 0 Å². The van der Waals surface area contributed by atoms with Crippen LogP contribution in [0.4, 0.5) is 0 Å². The summed E-state index contributed by atoms with van der Waals surface area (Å²) in [7, 11) is 0. The number of unbranched alkanes of at least 4 members (excludes halogenated alkanes) is 13. The zero-order chi connectivity index (χ0) is 23.7. The highest BCUT2D eigenvalue weighted by atomic mass is 16.5. The predicted octanol–water partition coefficient (Wildman–Crippen LogP) is 8.55. The van der Waals surface area contributed by atoms with Gasteiger partial charge < -0.3 is 9.47 Å². The lowest BCUT2D eigenvalue weighted by Gasteiger charge is -2.16. The Hall–Kier alpha value is -1.06. The quantitative estimate of drug-likeness (QED) is 0.108. The van der Waals surface area contributed by atoms with Gasteiger partial charge in [-0.15, -0.1) is 0 Å². The first-order valence-electron chi connectivity index (χ1n) is 14.0. The van der Waals surface area contributed by atoms with Gasteiger partial charge in [0.05, 0.1) is 19.1 Å². The smallest absolute Gasteiger partial charge is 0.308 e. The normalized spacial score (nSPS) is 12.0. The fourth-order valence-corrected chi connectivity index (χ4v) is 3.95. The van der Waals surface area contributed by atoms with E-state index in [0.717, 1.165) is 77.0 Å². The summed E-state index contributed by atoms with van der Waals surface area (Å²) < 4.78 is 10.8. The molecule has 0 radical (unpaired) electrons. The van der Waals surface area contributed by atoms with Gasteiger partial charge in [0.25, 0.3) is 0 Å². The number of esters is 2. The van der Waals surface area contributed by atoms with Gasteiger partial charge in [0.1, 0.15) is 0 Å². The third-order valence-corrected chi connectivity index (χ3v) is 6.18. The monoisotopic (exact) mass is 454 g/mol. The molecular weight excluding hydrogens is 400 g/mol. The van der Waals surface area contributed by atoms with Crippen molar-refractivity contribution in [3.8, 4) is 0 Å². The molecule has 0 saturated carbocycles. The van der Waals surface area contributed by atoms with Gasteiger partial charge >= 0.3 is 11.9 Å². The molecule has 190 valence electrons. The van der Waals surface area contributed by atoms with Crippen LogP contribution in [-0.4, -0.2) is 25.2 Å². The second-order valence-electron chi connectivity index (χ2n) is 9.36. The van der Waals surface area contributed by atoms with Crippen molar-refractivity contribution in [2.75, 3.05) is 13.2 Å². The van der Waals surface area contributed by atoms with Gasteiger partial charge in [-0.25, -0.2) is 0 Å². The number of hydrogen-bond donors (Lipinski definition) is 0. The van der Waals surface area contributed by atoms with E-state index in [4.69, 9.17) is 9.47 Å². The first kappa shape index (κ1) is 30.9. The van der Waals surface area contributed by atoms with Gasteiger partial charge in [-0.05, 0) is 32.1 Å². The average molecular weight is 455 g/mol. The zero-order valence-electron chi connectivity index (χ0n) is 21.8. The Morgan fingerprint density at radius 3 is 1.69 bits per heavy atom. The van der Waals surface area contributed by atoms with E-state index in [1.54, 1.807) is 0 Å². The van der Waals surface area contributed by atoms with Gasteiger partial charge in [0.15, 0.2) is 0 Å². The van der Waals surface area contributed by atoms with Crippen LogP contribution in [-0.2, 0) is 19.1 Å². The Labute approximate surface area is 199 Å². The summed E-state index contributed by atoms with van der Waals surface area (Å²) in [5.74, 6) is 0.0334. The summed E-state index contributed by atoms with van der Waals surface area (Å²) in [6, 6.07) is 0. The molecular formula is C28H54O4. The van der Waals surface area contributed by atoms with Crippen molar-refractivity contribution >= 4 is 11.9 Å². The Bertz CT molecular complexity index is 422. The Balaban J connectivity index is 3.80. The van der Waals surface area contributed by atoms with Crippen molar-refractivity contribution in [3.05, 3.63) is 0 Å². The number of ether oxygens (including phenoxy) is 2. The van der Waals surface area contributed by atoms with Gasteiger partial charge in [0, 0.05) is 6.42 Å². The van der Waals surface area contributed by atoms with Crippen LogP contribution in [0.3, 0.4) is 0 Å². The summed E-state index contributed by atoms with van der Waals surface area (Å²) >= 11 is 0. The van der Waals surface area contributed by atoms with Crippen LogP contribution >= 0.6 is 0 Å². The lowest BCUT2D eigenvalue weighted by molar-refractivity contribution is -0.149. The van der Waals surface area contributed by atoms with Gasteiger partial charge in [0.2, 0.25) is 0 Å². The maximum atomic E-state index is 12.5. The van der Waals surface area contributed by atoms with Crippen molar-refractivity contribution in [1.29, 1.82) is 0 Å². The topological polar surface area (TPSA) is 52.6 Å². The standard InChI is InChI=1S/C28H54O4/c1-4-7-10-11-12-13-17-20-25-32-28(30)26(21-8-5-2)22-18-15-14-16-19-23-27(29)31-24-9-6-3/h26H,4-25H2,1-3H3. The van der Waals surface area contributed by atoms with Crippen molar-refractivity contribution in [2.45, 2.75) is 149 Å². The van der Waals surface area contributed by atoms with E-state index in [1.807, 2.05) is 0 Å². The molecule has 0 N–H and O–H groups in total. The third kappa shape index (κ3) is 20.8. The Kier molecular flexibility index (Phi) is 23.8. The molecule has 0 bridgehead atoms. The summed E-state index contributed by atoms with van der Waals surface area (Å²) in [4.78, 5) is 24.1. The van der Waals surface area contributed by atoms with Gasteiger partial charge in [-0.3, -0.25) is 9.59 Å². The molecule has 0 amide bonds. The van der Waals surface area contributed by atoms with E-state index in [2.05, 4.69) is 20.8 Å². The Morgan fingerprint density at radius 2 is 1.03 bits per heavy atom. The van der Waals surface area contributed by atoms with E-state index in [-0.39, 0.29) is 17.9 Å². The predicted molar refractivity (Wildman–Crippen MR) is 135 cm³/mol. The maximum Gasteiger partial charge on any atom is 0.308 e. The first-order valence-corrected chi connectivity index (χ1v) is 14.0. The molecule has 0 aromatic heterocycles. The highest BCUT2D eigenvalue weighted by molar-refractivity contribution is 5.72. The molecule has 4 heteroatoms. The number of carbonyl (C=O) groups is 2. The summed E-state index contributed by atoms with van der Waals surface area (Å²) in [6.07, 6.45) is 22.0. The molecule has 0 aliphatic rings. The van der Waals surface area contributed by atoms with E-state index < -0.39 is 0 Å². The van der Waals surface area contributed by atoms with E-state index in [1.165, 1.54) is 44.9 Å². The number of carbonyl (C=O) groups excluding carboxylic acids is 2. The van der Waals surface area contributed by atoms with E-state index >= 15 is 0 Å². The number of rotatable bonds is 24. The second-order valence-corrected chi connectivity index (χ2v) is 9.36. The van der Waals surface area contributed by atoms with E-state index in [0.29, 0.717) is 19.6 Å². The third-order valence-electron chi connectivity index (χ3n) is 6.18. The van der Waals surface area contributed by atoms with E-state index in [9.17, 15) is 9.59 Å². The maximum absolute atomic E-state index is 12.5. The van der Waals surface area contributed by atoms with Crippen LogP contribution in [0, 0.1) is 5.92 Å². The molecule has 0 aromatic rings. The molecule has 0 aliphatic heterocycles. The molecule has 0 aliphatic carbocycles. The van der Waals surface area contributed by atoms with Crippen molar-refractivity contribution in [1.82, 2.24) is 0 Å². The summed E-state index contributed by atoms with van der Waals surface area (Å²) in [6.45, 7) is 7.67. The SMILES string of the molecule is CCCCCCCCCCOC(=O)C(CCCC)CCCCCCCC(=O)OCCCC. The van der Waals surface area contributed by atoms with Crippen molar-refractivity contribution < 1.29 is 19.1 Å². The summed E-state index contributed by atoms with van der Waals surface area (Å²) in [5, 5.41) is 0. The fraction of sp³-hybridized carbons (Fsp3) is 0.929. The molecule has 0 rings (SSSR count). The lowest BCUT2D eigenvalue weighted by Crippen LogP contribution is -2.18. The minimum absolute atomic E-state index is 0.0243. The molecule has 1 atom stereocenters. The minimum Gasteiger partial charge on any atom is -0.466 e. The van der Waals surface area contributed by atoms with Gasteiger partial charge in [-0.2, -0.15) is 0 Å². The van der Waals surface area contributed by atoms with Crippen molar-refractivity contribution in [2.24, 2.45) is 5.92 Å². The molecule has 0 saturated heterocycles. The van der Waals surface area contributed by atoms with Crippen LogP contribution < -0.4 is 0 Å². The fourth-order valence-electron chi connectivity index (χ4n) is 3.95. The molecule has 32 heavy (non-hydrogen) atoms. The van der Waals surface area contributed by atoms with Crippen molar-refractivity contribution in [3.63, 3.8) is 0 Å². The van der Waals surface area contributed by atoms with Crippen LogP contribution in [0.5, 0.6) is 0 Å². The van der Waals surface area contributed by atoms with Crippen LogP contribution in [0.1, 0.15) is 149 Å². The highest BCUT2D eigenvalue weighted by Crippen LogP contribution is 2.20. The second kappa shape index (κ2) is 24.6. The molecule has 4 nitrogen and oxygen atoms in total. The van der Waals surface area contributed by atoms with Crippen LogP contribution in [0.25, 0.3) is 0 Å². The molecule has 0 fully saturated rings. The first-order chi connectivity index (χ1) is 15.7. The largest absolute Gasteiger partial charge is 0.466 e. The van der Waals surface area contributed by atoms with Crippen LogP contribution in [0.15, 0.2) is 0 Å². The average Bonchev–Trinajstić information content (AvgIpc) is 2.79. The highest BCUT2D eigenvalue weighted by Gasteiger charge is 2.19. The summed E-state index contributed by atoms with van der Waals surface area (Å²) in [5.41, 5.74) is 0. The minimum atomic E-state index is -0.0580. The lowest BCUT2D eigenvalue weighted by atomic mass is 9.95. The molecule has 1 unspecified atom stereocenters.